The van der Waals surface area contributed by atoms with Crippen LogP contribution in [0, 0.1) is 6.92 Å². The second-order valence-corrected chi connectivity index (χ2v) is 5.93. The predicted octanol–water partition coefficient (Wildman–Crippen LogP) is 3.04. The van der Waals surface area contributed by atoms with Crippen molar-refractivity contribution in [1.82, 2.24) is 4.90 Å². The average molecular weight is 252 g/mol. The smallest absolute Gasteiger partial charge is 0.264 e. The molecular formula is C13H20N2OS. The maximum absolute atomic E-state index is 12.4. The number of amides is 1. The van der Waals surface area contributed by atoms with Crippen LogP contribution in [0.25, 0.3) is 0 Å². The quantitative estimate of drug-likeness (QED) is 0.879. The maximum atomic E-state index is 12.4. The fraction of sp³-hybridized carbons (Fsp3) is 0.615. The van der Waals surface area contributed by atoms with Gasteiger partial charge in [0.1, 0.15) is 0 Å². The molecule has 2 N–H and O–H groups in total. The van der Waals surface area contributed by atoms with Crippen molar-refractivity contribution in [3.63, 3.8) is 0 Å². The summed E-state index contributed by atoms with van der Waals surface area (Å²) < 4.78 is 0. The van der Waals surface area contributed by atoms with Crippen molar-refractivity contribution in [3.8, 4) is 0 Å². The molecule has 1 atom stereocenters. The van der Waals surface area contributed by atoms with Gasteiger partial charge in [-0.15, -0.1) is 11.3 Å². The van der Waals surface area contributed by atoms with Crippen LogP contribution < -0.4 is 5.73 Å². The van der Waals surface area contributed by atoms with Gasteiger partial charge in [0.05, 0.1) is 4.88 Å². The van der Waals surface area contributed by atoms with E-state index in [1.165, 1.54) is 17.8 Å². The van der Waals surface area contributed by atoms with Crippen LogP contribution in [0.15, 0.2) is 6.07 Å². The molecule has 1 aromatic heterocycles. The summed E-state index contributed by atoms with van der Waals surface area (Å²) in [6, 6.07) is 2.24. The van der Waals surface area contributed by atoms with Gasteiger partial charge >= 0.3 is 0 Å². The summed E-state index contributed by atoms with van der Waals surface area (Å²) in [5, 5.41) is 0. The van der Waals surface area contributed by atoms with Crippen LogP contribution in [0.4, 0.5) is 5.69 Å². The van der Waals surface area contributed by atoms with Gasteiger partial charge in [0, 0.05) is 23.2 Å². The molecule has 0 aromatic carbocycles. The first-order valence-corrected chi connectivity index (χ1v) is 7.12. The number of nitrogens with two attached hydrogens (primary N) is 1. The Balaban J connectivity index is 2.18. The van der Waals surface area contributed by atoms with Gasteiger partial charge in [-0.25, -0.2) is 0 Å². The molecule has 2 rings (SSSR count). The first kappa shape index (κ1) is 12.4. The topological polar surface area (TPSA) is 46.3 Å². The van der Waals surface area contributed by atoms with Gasteiger partial charge in [0.15, 0.2) is 0 Å². The van der Waals surface area contributed by atoms with E-state index in [-0.39, 0.29) is 5.91 Å². The summed E-state index contributed by atoms with van der Waals surface area (Å²) in [5.41, 5.74) is 6.55. The lowest BCUT2D eigenvalue weighted by Crippen LogP contribution is -2.43. The molecule has 1 aliphatic heterocycles. The number of aryl methyl sites for hydroxylation is 1. The number of anilines is 1. The number of thiophene rings is 1. The van der Waals surface area contributed by atoms with Crippen LogP contribution in [0.1, 0.15) is 47.2 Å². The van der Waals surface area contributed by atoms with Crippen molar-refractivity contribution in [2.75, 3.05) is 12.3 Å². The lowest BCUT2D eigenvalue weighted by molar-refractivity contribution is 0.0613. The summed E-state index contributed by atoms with van der Waals surface area (Å²) >= 11 is 1.51. The lowest BCUT2D eigenvalue weighted by Gasteiger charge is -2.35. The molecular weight excluding hydrogens is 232 g/mol. The van der Waals surface area contributed by atoms with Crippen molar-refractivity contribution in [2.45, 2.75) is 45.6 Å². The van der Waals surface area contributed by atoms with Crippen LogP contribution in [0.2, 0.25) is 0 Å². The molecule has 4 heteroatoms. The van der Waals surface area contributed by atoms with Gasteiger partial charge in [0.25, 0.3) is 5.91 Å². The summed E-state index contributed by atoms with van der Waals surface area (Å²) in [6.45, 7) is 5.02. The summed E-state index contributed by atoms with van der Waals surface area (Å²) in [7, 11) is 0. The SMILES string of the molecule is CCC1CCCCN1C(=O)c1cc(N)c(C)s1. The van der Waals surface area contributed by atoms with Crippen molar-refractivity contribution in [2.24, 2.45) is 0 Å². The van der Waals surface area contributed by atoms with Gasteiger partial charge in [0.2, 0.25) is 0 Å². The zero-order valence-corrected chi connectivity index (χ0v) is 11.3. The van der Waals surface area contributed by atoms with E-state index in [1.54, 1.807) is 0 Å². The van der Waals surface area contributed by atoms with Crippen molar-refractivity contribution in [3.05, 3.63) is 15.8 Å². The maximum Gasteiger partial charge on any atom is 0.264 e. The molecule has 3 nitrogen and oxygen atoms in total. The molecule has 1 unspecified atom stereocenters. The van der Waals surface area contributed by atoms with Crippen molar-refractivity contribution < 1.29 is 4.79 Å². The van der Waals surface area contributed by atoms with Crippen LogP contribution in [-0.4, -0.2) is 23.4 Å². The Morgan fingerprint density at radius 2 is 2.35 bits per heavy atom. The molecule has 0 radical (unpaired) electrons. The van der Waals surface area contributed by atoms with Gasteiger partial charge in [-0.05, 0) is 38.7 Å². The third-order valence-corrected chi connectivity index (χ3v) is 4.58. The highest BCUT2D eigenvalue weighted by Gasteiger charge is 2.27. The van der Waals surface area contributed by atoms with Crippen molar-refractivity contribution >= 4 is 22.9 Å². The normalized spacial score (nSPS) is 20.6. The molecule has 1 amide bonds. The van der Waals surface area contributed by atoms with E-state index in [0.717, 1.165) is 41.2 Å². The summed E-state index contributed by atoms with van der Waals surface area (Å²) in [4.78, 5) is 16.3. The number of nitrogen functional groups attached to an aromatic ring is 1. The molecule has 1 saturated heterocycles. The second-order valence-electron chi connectivity index (χ2n) is 4.68. The second kappa shape index (κ2) is 5.08. The van der Waals surface area contributed by atoms with Gasteiger partial charge in [-0.2, -0.15) is 0 Å². The average Bonchev–Trinajstić information content (AvgIpc) is 2.68. The minimum atomic E-state index is 0.168. The first-order chi connectivity index (χ1) is 8.13. The third kappa shape index (κ3) is 2.46. The Morgan fingerprint density at radius 3 is 2.94 bits per heavy atom. The molecule has 1 aromatic rings. The molecule has 0 aliphatic carbocycles. The van der Waals surface area contributed by atoms with Crippen LogP contribution in [0.5, 0.6) is 0 Å². The zero-order valence-electron chi connectivity index (χ0n) is 10.5. The molecule has 94 valence electrons. The van der Waals surface area contributed by atoms with Crippen molar-refractivity contribution in [1.29, 1.82) is 0 Å². The number of rotatable bonds is 2. The van der Waals surface area contributed by atoms with Gasteiger partial charge in [-0.3, -0.25) is 4.79 Å². The Morgan fingerprint density at radius 1 is 1.59 bits per heavy atom. The Hall–Kier alpha value is -1.03. The number of hydrogen-bond acceptors (Lipinski definition) is 3. The number of nitrogens with zero attached hydrogens (tertiary/aromatic N) is 1. The molecule has 0 saturated carbocycles. The highest BCUT2D eigenvalue weighted by molar-refractivity contribution is 7.14. The highest BCUT2D eigenvalue weighted by Crippen LogP contribution is 2.28. The predicted molar refractivity (Wildman–Crippen MR) is 72.4 cm³/mol. The third-order valence-electron chi connectivity index (χ3n) is 3.53. The minimum Gasteiger partial charge on any atom is -0.398 e. The fourth-order valence-corrected chi connectivity index (χ4v) is 3.33. The molecule has 1 aliphatic rings. The van der Waals surface area contributed by atoms with Gasteiger partial charge < -0.3 is 10.6 Å². The Labute approximate surface area is 107 Å². The number of hydrogen-bond donors (Lipinski definition) is 1. The van der Waals surface area contributed by atoms with Crippen LogP contribution in [0.3, 0.4) is 0 Å². The van der Waals surface area contributed by atoms with E-state index >= 15 is 0 Å². The first-order valence-electron chi connectivity index (χ1n) is 6.30. The van der Waals surface area contributed by atoms with E-state index < -0.39 is 0 Å². The number of piperidine rings is 1. The number of carbonyl (C=O) groups is 1. The zero-order chi connectivity index (χ0) is 12.4. The molecule has 2 heterocycles. The highest BCUT2D eigenvalue weighted by atomic mass is 32.1. The molecule has 0 bridgehead atoms. The number of likely N-dealkylation sites (tertiary alicyclic amines) is 1. The van der Waals surface area contributed by atoms with E-state index in [2.05, 4.69) is 6.92 Å². The Kier molecular flexibility index (Phi) is 3.72. The monoisotopic (exact) mass is 252 g/mol. The fourth-order valence-electron chi connectivity index (χ4n) is 2.44. The van der Waals surface area contributed by atoms with E-state index in [0.29, 0.717) is 6.04 Å². The number of carbonyl (C=O) groups excluding carboxylic acids is 1. The summed E-state index contributed by atoms with van der Waals surface area (Å²) in [5.74, 6) is 0.168. The van der Waals surface area contributed by atoms with Gasteiger partial charge in [-0.1, -0.05) is 6.92 Å². The molecule has 17 heavy (non-hydrogen) atoms. The minimum absolute atomic E-state index is 0.168. The van der Waals surface area contributed by atoms with Crippen LogP contribution in [-0.2, 0) is 0 Å². The summed E-state index contributed by atoms with van der Waals surface area (Å²) in [6.07, 6.45) is 4.56. The molecule has 0 spiro atoms. The Bertz CT molecular complexity index is 394. The molecule has 1 fully saturated rings. The van der Waals surface area contributed by atoms with Crippen LogP contribution >= 0.6 is 11.3 Å². The largest absolute Gasteiger partial charge is 0.398 e. The standard InChI is InChI=1S/C13H20N2OS/c1-3-10-6-4-5-7-15(10)13(16)12-8-11(14)9(2)17-12/h8,10H,3-7,14H2,1-2H3. The van der Waals surface area contributed by atoms with E-state index in [9.17, 15) is 4.79 Å². The van der Waals surface area contributed by atoms with E-state index in [1.807, 2.05) is 17.9 Å². The van der Waals surface area contributed by atoms with E-state index in [4.69, 9.17) is 5.73 Å². The lowest BCUT2D eigenvalue weighted by atomic mass is 10.00.